The van der Waals surface area contributed by atoms with Crippen LogP contribution in [0.2, 0.25) is 0 Å². The van der Waals surface area contributed by atoms with Crippen molar-refractivity contribution in [2.45, 2.75) is 38.4 Å². The minimum atomic E-state index is -0.709. The number of hydrogen-bond acceptors (Lipinski definition) is 3. The number of nitrogens with two attached hydrogens (primary N) is 1. The molecule has 1 aliphatic heterocycles. The number of nitrogens with zero attached hydrogens (tertiary/aromatic N) is 1. The first-order chi connectivity index (χ1) is 9.35. The number of carbonyl (C=O) groups is 1. The molecule has 20 heavy (non-hydrogen) atoms. The Kier molecular flexibility index (Phi) is 4.11. The zero-order valence-electron chi connectivity index (χ0n) is 12.2. The van der Waals surface area contributed by atoms with Gasteiger partial charge in [-0.05, 0) is 26.8 Å². The van der Waals surface area contributed by atoms with Gasteiger partial charge in [0.2, 0.25) is 5.91 Å². The van der Waals surface area contributed by atoms with E-state index in [1.165, 1.54) is 6.07 Å². The van der Waals surface area contributed by atoms with Crippen molar-refractivity contribution in [3.05, 3.63) is 35.6 Å². The van der Waals surface area contributed by atoms with Gasteiger partial charge >= 0.3 is 0 Å². The average molecular weight is 279 g/mol. The number of carbonyl (C=O) groups excluding carboxylic acids is 1. The van der Waals surface area contributed by atoms with Crippen molar-refractivity contribution < 1.29 is 9.18 Å². The van der Waals surface area contributed by atoms with Crippen LogP contribution >= 0.6 is 0 Å². The number of rotatable bonds is 3. The first-order valence-electron chi connectivity index (χ1n) is 6.90. The van der Waals surface area contributed by atoms with Crippen molar-refractivity contribution in [2.24, 2.45) is 5.73 Å². The predicted octanol–water partition coefficient (Wildman–Crippen LogP) is 1.42. The van der Waals surface area contributed by atoms with Crippen molar-refractivity contribution in [3.8, 4) is 0 Å². The quantitative estimate of drug-likeness (QED) is 0.880. The van der Waals surface area contributed by atoms with Crippen LogP contribution in [0.4, 0.5) is 4.39 Å². The molecule has 2 rings (SSSR count). The Balaban J connectivity index is 2.44. The molecule has 1 aromatic rings. The van der Waals surface area contributed by atoms with E-state index in [1.807, 2.05) is 25.7 Å². The fourth-order valence-electron chi connectivity index (χ4n) is 2.85. The average Bonchev–Trinajstić information content (AvgIpc) is 2.37. The van der Waals surface area contributed by atoms with Gasteiger partial charge in [0, 0.05) is 24.7 Å². The molecule has 0 aliphatic carbocycles. The van der Waals surface area contributed by atoms with Crippen molar-refractivity contribution in [3.63, 3.8) is 0 Å². The molecule has 5 heteroatoms. The molecule has 2 atom stereocenters. The highest BCUT2D eigenvalue weighted by Gasteiger charge is 2.43. The van der Waals surface area contributed by atoms with Crippen LogP contribution in [0.15, 0.2) is 24.3 Å². The van der Waals surface area contributed by atoms with Gasteiger partial charge in [0.1, 0.15) is 5.82 Å². The molecule has 1 aromatic carbocycles. The molecule has 0 radical (unpaired) electrons. The van der Waals surface area contributed by atoms with Gasteiger partial charge in [-0.2, -0.15) is 0 Å². The lowest BCUT2D eigenvalue weighted by atomic mass is 9.90. The van der Waals surface area contributed by atoms with Crippen LogP contribution < -0.4 is 11.1 Å². The van der Waals surface area contributed by atoms with Crippen molar-refractivity contribution >= 4 is 5.91 Å². The SMILES string of the molecule is CC(N)C(c1ccccc1F)N1CCNC(=O)C1(C)C. The summed E-state index contributed by atoms with van der Waals surface area (Å²) >= 11 is 0. The third kappa shape index (κ3) is 2.55. The molecule has 3 N–H and O–H groups in total. The van der Waals surface area contributed by atoms with Gasteiger partial charge in [0.05, 0.1) is 11.6 Å². The zero-order valence-corrected chi connectivity index (χ0v) is 12.2. The molecule has 4 nitrogen and oxygen atoms in total. The lowest BCUT2D eigenvalue weighted by molar-refractivity contribution is -0.137. The van der Waals surface area contributed by atoms with E-state index in [1.54, 1.807) is 18.2 Å². The van der Waals surface area contributed by atoms with Gasteiger partial charge in [-0.15, -0.1) is 0 Å². The van der Waals surface area contributed by atoms with Crippen LogP contribution in [0.5, 0.6) is 0 Å². The van der Waals surface area contributed by atoms with E-state index in [9.17, 15) is 9.18 Å². The lowest BCUT2D eigenvalue weighted by Gasteiger charge is -2.47. The first-order valence-corrected chi connectivity index (χ1v) is 6.90. The van der Waals surface area contributed by atoms with Gasteiger partial charge in [0.25, 0.3) is 0 Å². The molecular formula is C15H22FN3O. The summed E-state index contributed by atoms with van der Waals surface area (Å²) in [7, 11) is 0. The molecule has 1 fully saturated rings. The number of nitrogens with one attached hydrogen (secondary N) is 1. The molecule has 2 unspecified atom stereocenters. The Bertz CT molecular complexity index is 502. The van der Waals surface area contributed by atoms with Crippen molar-refractivity contribution in [1.29, 1.82) is 0 Å². The van der Waals surface area contributed by atoms with Crippen LogP contribution in [0, 0.1) is 5.82 Å². The monoisotopic (exact) mass is 279 g/mol. The summed E-state index contributed by atoms with van der Waals surface area (Å²) in [5.74, 6) is -0.331. The van der Waals surface area contributed by atoms with E-state index in [0.717, 1.165) is 0 Å². The molecule has 1 heterocycles. The first kappa shape index (κ1) is 14.9. The van der Waals surface area contributed by atoms with E-state index in [4.69, 9.17) is 5.73 Å². The van der Waals surface area contributed by atoms with E-state index in [-0.39, 0.29) is 23.8 Å². The Hall–Kier alpha value is -1.46. The number of amides is 1. The molecule has 110 valence electrons. The second-order valence-electron chi connectivity index (χ2n) is 5.83. The molecular weight excluding hydrogens is 257 g/mol. The largest absolute Gasteiger partial charge is 0.353 e. The van der Waals surface area contributed by atoms with E-state index < -0.39 is 5.54 Å². The third-order valence-electron chi connectivity index (χ3n) is 3.97. The van der Waals surface area contributed by atoms with E-state index in [0.29, 0.717) is 18.7 Å². The Morgan fingerprint density at radius 1 is 1.40 bits per heavy atom. The van der Waals surface area contributed by atoms with Crippen LogP contribution in [0.3, 0.4) is 0 Å². The Labute approximate surface area is 119 Å². The summed E-state index contributed by atoms with van der Waals surface area (Å²) in [6, 6.07) is 6.03. The lowest BCUT2D eigenvalue weighted by Crippen LogP contribution is -2.64. The minimum Gasteiger partial charge on any atom is -0.353 e. The molecule has 0 spiro atoms. The molecule has 0 aromatic heterocycles. The van der Waals surface area contributed by atoms with Gasteiger partial charge < -0.3 is 11.1 Å². The second-order valence-corrected chi connectivity index (χ2v) is 5.83. The second kappa shape index (κ2) is 5.50. The molecule has 1 aliphatic rings. The molecule has 1 saturated heterocycles. The van der Waals surface area contributed by atoms with Crippen LogP contribution in [-0.2, 0) is 4.79 Å². The maximum Gasteiger partial charge on any atom is 0.240 e. The Morgan fingerprint density at radius 3 is 2.65 bits per heavy atom. The summed E-state index contributed by atoms with van der Waals surface area (Å²) in [6.07, 6.45) is 0. The van der Waals surface area contributed by atoms with Gasteiger partial charge in [-0.1, -0.05) is 18.2 Å². The predicted molar refractivity (Wildman–Crippen MR) is 76.6 cm³/mol. The van der Waals surface area contributed by atoms with Crippen LogP contribution in [-0.4, -0.2) is 35.5 Å². The topological polar surface area (TPSA) is 58.4 Å². The molecule has 0 bridgehead atoms. The van der Waals surface area contributed by atoms with Crippen LogP contribution in [0.25, 0.3) is 0 Å². The molecule has 1 amide bonds. The molecule has 0 saturated carbocycles. The maximum absolute atomic E-state index is 14.1. The third-order valence-corrected chi connectivity index (χ3v) is 3.97. The highest BCUT2D eigenvalue weighted by atomic mass is 19.1. The number of halogens is 1. The summed E-state index contributed by atoms with van der Waals surface area (Å²) in [4.78, 5) is 14.1. The van der Waals surface area contributed by atoms with E-state index in [2.05, 4.69) is 5.32 Å². The smallest absolute Gasteiger partial charge is 0.240 e. The number of hydrogen-bond donors (Lipinski definition) is 2. The fourth-order valence-corrected chi connectivity index (χ4v) is 2.85. The Morgan fingerprint density at radius 2 is 2.05 bits per heavy atom. The van der Waals surface area contributed by atoms with Gasteiger partial charge in [0.15, 0.2) is 0 Å². The highest BCUT2D eigenvalue weighted by Crippen LogP contribution is 2.33. The summed E-state index contributed by atoms with van der Waals surface area (Å²) < 4.78 is 14.1. The van der Waals surface area contributed by atoms with Crippen molar-refractivity contribution in [1.82, 2.24) is 10.2 Å². The number of piperazine rings is 1. The fraction of sp³-hybridized carbons (Fsp3) is 0.533. The van der Waals surface area contributed by atoms with Crippen LogP contribution in [0.1, 0.15) is 32.4 Å². The summed E-state index contributed by atoms with van der Waals surface area (Å²) in [6.45, 7) is 6.74. The zero-order chi connectivity index (χ0) is 14.9. The normalized spacial score (nSPS) is 22.1. The maximum atomic E-state index is 14.1. The minimum absolute atomic E-state index is 0.0502. The number of benzene rings is 1. The highest BCUT2D eigenvalue weighted by molar-refractivity contribution is 5.86. The standard InChI is InChI=1S/C15H22FN3O/c1-10(17)13(11-6-4-5-7-12(11)16)19-9-8-18-14(20)15(19,2)3/h4-7,10,13H,8-9,17H2,1-3H3,(H,18,20). The van der Waals surface area contributed by atoms with Crippen molar-refractivity contribution in [2.75, 3.05) is 13.1 Å². The summed E-state index contributed by atoms with van der Waals surface area (Å²) in [5, 5.41) is 2.85. The van der Waals surface area contributed by atoms with E-state index >= 15 is 0 Å². The summed E-state index contributed by atoms with van der Waals surface area (Å²) in [5.41, 5.74) is 5.93. The van der Waals surface area contributed by atoms with Gasteiger partial charge in [-0.25, -0.2) is 4.39 Å². The van der Waals surface area contributed by atoms with Gasteiger partial charge in [-0.3, -0.25) is 9.69 Å².